The maximum Gasteiger partial charge on any atom is 0.279 e. The fraction of sp³-hybridized carbons (Fsp3) is 0.423. The molecule has 0 fully saturated rings. The van der Waals surface area contributed by atoms with Crippen molar-refractivity contribution < 1.29 is 8.78 Å². The molecule has 2 aromatic carbocycles. The number of halogens is 2. The van der Waals surface area contributed by atoms with Gasteiger partial charge in [-0.3, -0.25) is 0 Å². The van der Waals surface area contributed by atoms with Gasteiger partial charge in [-0.2, -0.15) is 5.21 Å². The summed E-state index contributed by atoms with van der Waals surface area (Å²) in [5.41, 5.74) is 5.07. The van der Waals surface area contributed by atoms with Gasteiger partial charge in [0.1, 0.15) is 5.70 Å². The van der Waals surface area contributed by atoms with E-state index in [1.54, 1.807) is 0 Å². The summed E-state index contributed by atoms with van der Waals surface area (Å²) < 4.78 is 28.1. The molecule has 3 aromatic rings. The first kappa shape index (κ1) is 23.9. The molecule has 0 amide bonds. The van der Waals surface area contributed by atoms with Crippen LogP contribution in [0.2, 0.25) is 0 Å². The average Bonchev–Trinajstić information content (AvgIpc) is 3.47. The first-order valence-corrected chi connectivity index (χ1v) is 11.9. The number of hydrogen-bond donors (Lipinski definition) is 1. The van der Waals surface area contributed by atoms with Gasteiger partial charge in [0.25, 0.3) is 6.43 Å². The van der Waals surface area contributed by atoms with Crippen molar-refractivity contribution in [3.63, 3.8) is 0 Å². The molecule has 0 atom stereocenters. The van der Waals surface area contributed by atoms with Crippen LogP contribution in [0, 0.1) is 5.92 Å². The van der Waals surface area contributed by atoms with E-state index in [1.165, 1.54) is 0 Å². The van der Waals surface area contributed by atoms with Crippen LogP contribution in [0.15, 0.2) is 59.9 Å². The third-order valence-electron chi connectivity index (χ3n) is 6.17. The van der Waals surface area contributed by atoms with E-state index in [2.05, 4.69) is 63.6 Å². The number of aromatic nitrogens is 4. The number of nitrogens with zero attached hydrogens (tertiary/aromatic N) is 5. The molecule has 180 valence electrons. The monoisotopic (exact) mass is 466 g/mol. The molecule has 1 aliphatic heterocycles. The lowest BCUT2D eigenvalue weighted by Crippen LogP contribution is -2.29. The Morgan fingerprint density at radius 1 is 1.00 bits per heavy atom. The number of alkyl halides is 2. The van der Waals surface area contributed by atoms with Gasteiger partial charge in [0.05, 0.1) is 6.67 Å². The van der Waals surface area contributed by atoms with Gasteiger partial charge < -0.3 is 9.80 Å². The molecule has 4 rings (SSSR count). The minimum atomic E-state index is -2.46. The van der Waals surface area contributed by atoms with Gasteiger partial charge in [0, 0.05) is 24.4 Å². The van der Waals surface area contributed by atoms with E-state index in [9.17, 15) is 8.78 Å². The third kappa shape index (κ3) is 5.26. The minimum absolute atomic E-state index is 0.216. The van der Waals surface area contributed by atoms with Crippen LogP contribution in [0.5, 0.6) is 0 Å². The van der Waals surface area contributed by atoms with E-state index in [-0.39, 0.29) is 5.70 Å². The van der Waals surface area contributed by atoms with Crippen molar-refractivity contribution in [1.29, 1.82) is 0 Å². The number of H-pyrrole nitrogens is 1. The molecule has 1 aromatic heterocycles. The van der Waals surface area contributed by atoms with Crippen LogP contribution < -0.4 is 0 Å². The predicted octanol–water partition coefficient (Wildman–Crippen LogP) is 5.93. The van der Waals surface area contributed by atoms with E-state index in [4.69, 9.17) is 0 Å². The van der Waals surface area contributed by atoms with E-state index >= 15 is 0 Å². The van der Waals surface area contributed by atoms with Crippen molar-refractivity contribution in [1.82, 2.24) is 30.4 Å². The van der Waals surface area contributed by atoms with Gasteiger partial charge >= 0.3 is 0 Å². The van der Waals surface area contributed by atoms with Gasteiger partial charge in [-0.05, 0) is 47.1 Å². The second-order valence-electron chi connectivity index (χ2n) is 9.15. The van der Waals surface area contributed by atoms with Crippen LogP contribution in [0.4, 0.5) is 8.78 Å². The second-order valence-corrected chi connectivity index (χ2v) is 9.15. The lowest BCUT2D eigenvalue weighted by molar-refractivity contribution is 0.138. The zero-order valence-electron chi connectivity index (χ0n) is 20.0. The maximum atomic E-state index is 14.1. The van der Waals surface area contributed by atoms with E-state index in [0.29, 0.717) is 37.9 Å². The molecule has 8 heteroatoms. The quantitative estimate of drug-likeness (QED) is 0.401. The standard InChI is InChI=1S/C26H32F2N6/c1-4-15-33-17-34(23(14-9-18(2)3)24(33)25(27)28)16-19-10-12-20(13-11-19)21-7-5-6-8-22(21)26-29-31-32-30-26/h5-8,10-13,18,25H,4,9,14-17H2,1-3H3,(H,29,30,31,32). The van der Waals surface area contributed by atoms with E-state index in [0.717, 1.165) is 40.8 Å². The van der Waals surface area contributed by atoms with Gasteiger partial charge in [-0.25, -0.2) is 8.78 Å². The Morgan fingerprint density at radius 3 is 2.35 bits per heavy atom. The van der Waals surface area contributed by atoms with E-state index < -0.39 is 6.43 Å². The summed E-state index contributed by atoms with van der Waals surface area (Å²) >= 11 is 0. The molecule has 0 unspecified atom stereocenters. The average molecular weight is 467 g/mol. The van der Waals surface area contributed by atoms with Crippen molar-refractivity contribution in [3.05, 3.63) is 65.5 Å². The van der Waals surface area contributed by atoms with Crippen LogP contribution in [-0.4, -0.2) is 50.1 Å². The van der Waals surface area contributed by atoms with Crippen LogP contribution >= 0.6 is 0 Å². The third-order valence-corrected chi connectivity index (χ3v) is 6.17. The van der Waals surface area contributed by atoms with Crippen LogP contribution in [0.1, 0.15) is 45.6 Å². The number of hydrogen-bond acceptors (Lipinski definition) is 5. The SMILES string of the molecule is CCCN1CN(Cc2ccc(-c3ccccc3-c3nn[nH]n3)cc2)C(CCC(C)C)=C1C(F)F. The number of aromatic amines is 1. The highest BCUT2D eigenvalue weighted by atomic mass is 19.3. The molecule has 0 aliphatic carbocycles. The van der Waals surface area contributed by atoms with Gasteiger partial charge in [-0.15, -0.1) is 10.2 Å². The normalized spacial score (nSPS) is 14.2. The zero-order valence-corrected chi connectivity index (χ0v) is 20.0. The Balaban J connectivity index is 1.57. The topological polar surface area (TPSA) is 60.9 Å². The molecule has 34 heavy (non-hydrogen) atoms. The lowest BCUT2D eigenvalue weighted by atomic mass is 9.98. The molecule has 0 saturated heterocycles. The fourth-order valence-corrected chi connectivity index (χ4v) is 4.51. The smallest absolute Gasteiger partial charge is 0.279 e. The van der Waals surface area contributed by atoms with Crippen LogP contribution in [0.25, 0.3) is 22.5 Å². The summed E-state index contributed by atoms with van der Waals surface area (Å²) in [5, 5.41) is 14.4. The molecule has 1 N–H and O–H groups in total. The molecule has 0 saturated carbocycles. The molecule has 2 heterocycles. The molecule has 1 aliphatic rings. The highest BCUT2D eigenvalue weighted by molar-refractivity contribution is 5.80. The summed E-state index contributed by atoms with van der Waals surface area (Å²) in [6, 6.07) is 16.2. The Kier molecular flexibility index (Phi) is 7.55. The Hall–Kier alpha value is -3.29. The van der Waals surface area contributed by atoms with Crippen LogP contribution in [-0.2, 0) is 6.54 Å². The number of allylic oxidation sites excluding steroid dienone is 2. The molecule has 0 spiro atoms. The van der Waals surface area contributed by atoms with Crippen molar-refractivity contribution in [3.8, 4) is 22.5 Å². The predicted molar refractivity (Wildman–Crippen MR) is 130 cm³/mol. The summed E-state index contributed by atoms with van der Waals surface area (Å²) in [5.74, 6) is 1.01. The van der Waals surface area contributed by atoms with Crippen molar-refractivity contribution in [2.75, 3.05) is 13.2 Å². The first-order valence-electron chi connectivity index (χ1n) is 11.9. The molecular formula is C26H32F2N6. The highest BCUT2D eigenvalue weighted by Gasteiger charge is 2.33. The summed E-state index contributed by atoms with van der Waals surface area (Å²) in [6.45, 7) is 8.07. The lowest BCUT2D eigenvalue weighted by Gasteiger charge is -2.24. The number of nitrogens with one attached hydrogen (secondary N) is 1. The summed E-state index contributed by atoms with van der Waals surface area (Å²) in [4.78, 5) is 3.98. The van der Waals surface area contributed by atoms with E-state index in [1.807, 2.05) is 36.1 Å². The van der Waals surface area contributed by atoms with Gasteiger partial charge in [-0.1, -0.05) is 69.3 Å². The van der Waals surface area contributed by atoms with Crippen molar-refractivity contribution >= 4 is 0 Å². The Labute approximate surface area is 199 Å². The summed E-state index contributed by atoms with van der Waals surface area (Å²) in [6.07, 6.45) is -0.0416. The molecule has 0 radical (unpaired) electrons. The molecule has 0 bridgehead atoms. The van der Waals surface area contributed by atoms with Gasteiger partial charge in [0.2, 0.25) is 5.82 Å². The first-order chi connectivity index (χ1) is 16.5. The minimum Gasteiger partial charge on any atom is -0.351 e. The largest absolute Gasteiger partial charge is 0.351 e. The Bertz CT molecular complexity index is 1090. The highest BCUT2D eigenvalue weighted by Crippen LogP contribution is 2.34. The summed E-state index contributed by atoms with van der Waals surface area (Å²) in [7, 11) is 0. The fourth-order valence-electron chi connectivity index (χ4n) is 4.51. The number of rotatable bonds is 10. The number of benzene rings is 2. The number of tetrazole rings is 1. The van der Waals surface area contributed by atoms with Crippen molar-refractivity contribution in [2.45, 2.75) is 53.0 Å². The van der Waals surface area contributed by atoms with Gasteiger partial charge in [0.15, 0.2) is 0 Å². The second kappa shape index (κ2) is 10.8. The van der Waals surface area contributed by atoms with Crippen molar-refractivity contribution in [2.24, 2.45) is 5.92 Å². The Morgan fingerprint density at radius 2 is 1.74 bits per heavy atom. The maximum absolute atomic E-state index is 14.1. The molecular weight excluding hydrogens is 434 g/mol. The zero-order chi connectivity index (χ0) is 24.1. The van der Waals surface area contributed by atoms with Crippen LogP contribution in [0.3, 0.4) is 0 Å². The molecule has 6 nitrogen and oxygen atoms in total.